The topological polar surface area (TPSA) is 79.7 Å². The Bertz CT molecular complexity index is 1270. The number of aliphatic hydroxyl groups is 1. The highest BCUT2D eigenvalue weighted by atomic mass is 16.5. The minimum absolute atomic E-state index is 0.0956. The van der Waals surface area contributed by atoms with E-state index in [0.29, 0.717) is 17.9 Å². The summed E-state index contributed by atoms with van der Waals surface area (Å²) in [4.78, 5) is 32.2. The number of ketones is 1. The van der Waals surface area contributed by atoms with Gasteiger partial charge in [0, 0.05) is 11.8 Å². The first-order valence-corrected chi connectivity index (χ1v) is 11.0. The van der Waals surface area contributed by atoms with Crippen LogP contribution >= 0.6 is 0 Å². The van der Waals surface area contributed by atoms with Crippen molar-refractivity contribution in [2.45, 2.75) is 32.4 Å². The molecular weight excluding hydrogens is 416 g/mol. The zero-order valence-corrected chi connectivity index (χ0v) is 18.3. The molecule has 2 aliphatic rings. The van der Waals surface area contributed by atoms with Crippen molar-refractivity contribution < 1.29 is 19.4 Å². The van der Waals surface area contributed by atoms with E-state index in [1.54, 1.807) is 18.3 Å². The molecule has 1 aromatic heterocycles. The van der Waals surface area contributed by atoms with Crippen molar-refractivity contribution in [1.82, 2.24) is 9.88 Å². The number of hydrogen-bond acceptors (Lipinski definition) is 5. The van der Waals surface area contributed by atoms with Crippen LogP contribution in [0.15, 0.2) is 72.4 Å². The maximum absolute atomic E-state index is 13.2. The lowest BCUT2D eigenvalue weighted by Crippen LogP contribution is -2.29. The van der Waals surface area contributed by atoms with Crippen molar-refractivity contribution in [3.8, 4) is 5.75 Å². The van der Waals surface area contributed by atoms with Gasteiger partial charge in [-0.25, -0.2) is 0 Å². The Morgan fingerprint density at radius 2 is 2.00 bits per heavy atom. The first kappa shape index (κ1) is 20.9. The van der Waals surface area contributed by atoms with Crippen LogP contribution in [0.5, 0.6) is 5.75 Å². The Labute approximate surface area is 192 Å². The monoisotopic (exact) mass is 440 g/mol. The number of aryl methyl sites for hydroxylation is 2. The molecule has 6 heteroatoms. The highest BCUT2D eigenvalue weighted by molar-refractivity contribution is 6.46. The summed E-state index contributed by atoms with van der Waals surface area (Å²) in [6.07, 6.45) is 3.39. The molecule has 0 spiro atoms. The number of ether oxygens (including phenoxy) is 1. The molecule has 1 saturated heterocycles. The van der Waals surface area contributed by atoms with Gasteiger partial charge < -0.3 is 14.7 Å². The standard InChI is InChI=1S/C27H24N2O4/c1-17-6-4-7-19(14-17)24-23(25(30)20-10-11-22-18(15-20)8-5-13-33-22)26(31)27(32)29(24)16-21-9-2-3-12-28-21/h2-4,6-7,9-12,14-15,24,30H,5,8,13,16H2,1H3/b25-23-. The fourth-order valence-electron chi connectivity index (χ4n) is 4.56. The number of pyridine rings is 1. The lowest BCUT2D eigenvalue weighted by Gasteiger charge is -2.25. The predicted molar refractivity (Wildman–Crippen MR) is 124 cm³/mol. The average molecular weight is 440 g/mol. The molecule has 1 atom stereocenters. The van der Waals surface area contributed by atoms with Gasteiger partial charge in [-0.15, -0.1) is 0 Å². The van der Waals surface area contributed by atoms with Crippen molar-refractivity contribution >= 4 is 17.4 Å². The maximum Gasteiger partial charge on any atom is 0.296 e. The highest BCUT2D eigenvalue weighted by Crippen LogP contribution is 2.41. The summed E-state index contributed by atoms with van der Waals surface area (Å²) >= 11 is 0. The number of fused-ring (bicyclic) bond motifs is 1. The molecule has 3 aromatic rings. The van der Waals surface area contributed by atoms with Gasteiger partial charge >= 0.3 is 0 Å². The van der Waals surface area contributed by atoms with Gasteiger partial charge in [0.1, 0.15) is 11.5 Å². The second-order valence-corrected chi connectivity index (χ2v) is 8.44. The number of likely N-dealkylation sites (tertiary alicyclic amines) is 1. The van der Waals surface area contributed by atoms with E-state index in [2.05, 4.69) is 4.98 Å². The van der Waals surface area contributed by atoms with Crippen molar-refractivity contribution in [1.29, 1.82) is 0 Å². The number of benzene rings is 2. The molecular formula is C27H24N2O4. The molecule has 166 valence electrons. The number of carbonyl (C=O) groups is 2. The number of amides is 1. The lowest BCUT2D eigenvalue weighted by atomic mass is 9.93. The van der Waals surface area contributed by atoms with Crippen LogP contribution in [0.2, 0.25) is 0 Å². The number of nitrogens with zero attached hydrogens (tertiary/aromatic N) is 2. The van der Waals surface area contributed by atoms with Crippen molar-refractivity contribution in [3.63, 3.8) is 0 Å². The molecule has 5 rings (SSSR count). The molecule has 1 unspecified atom stereocenters. The van der Waals surface area contributed by atoms with Gasteiger partial charge in [-0.1, -0.05) is 35.9 Å². The molecule has 1 amide bonds. The molecule has 0 saturated carbocycles. The van der Waals surface area contributed by atoms with Crippen LogP contribution < -0.4 is 4.74 Å². The number of aromatic nitrogens is 1. The second kappa shape index (κ2) is 8.54. The summed E-state index contributed by atoms with van der Waals surface area (Å²) in [6, 6.07) is 17.8. The fourth-order valence-corrected chi connectivity index (χ4v) is 4.56. The number of aliphatic hydroxyl groups excluding tert-OH is 1. The molecule has 2 aromatic carbocycles. The highest BCUT2D eigenvalue weighted by Gasteiger charge is 2.46. The zero-order chi connectivity index (χ0) is 22.9. The molecule has 2 aliphatic heterocycles. The summed E-state index contributed by atoms with van der Waals surface area (Å²) in [6.45, 7) is 2.79. The van der Waals surface area contributed by atoms with E-state index in [9.17, 15) is 14.7 Å². The minimum atomic E-state index is -0.709. The van der Waals surface area contributed by atoms with Crippen molar-refractivity contribution in [2.24, 2.45) is 0 Å². The Balaban J connectivity index is 1.64. The van der Waals surface area contributed by atoms with Gasteiger partial charge in [-0.05, 0) is 61.2 Å². The van der Waals surface area contributed by atoms with E-state index >= 15 is 0 Å². The zero-order valence-electron chi connectivity index (χ0n) is 18.3. The van der Waals surface area contributed by atoms with E-state index in [0.717, 1.165) is 35.3 Å². The summed E-state index contributed by atoms with van der Waals surface area (Å²) in [5.74, 6) is -0.709. The Hall–Kier alpha value is -3.93. The fraction of sp³-hybridized carbons (Fsp3) is 0.222. The summed E-state index contributed by atoms with van der Waals surface area (Å²) < 4.78 is 5.67. The van der Waals surface area contributed by atoms with Crippen molar-refractivity contribution in [2.75, 3.05) is 6.61 Å². The predicted octanol–water partition coefficient (Wildman–Crippen LogP) is 4.34. The van der Waals surface area contributed by atoms with Crippen LogP contribution in [-0.2, 0) is 22.6 Å². The third-order valence-electron chi connectivity index (χ3n) is 6.14. The van der Waals surface area contributed by atoms with Gasteiger partial charge in [-0.2, -0.15) is 0 Å². The first-order valence-electron chi connectivity index (χ1n) is 11.0. The van der Waals surface area contributed by atoms with Crippen LogP contribution in [0, 0.1) is 6.92 Å². The first-order chi connectivity index (χ1) is 16.0. The molecule has 3 heterocycles. The molecule has 0 radical (unpaired) electrons. The van der Waals surface area contributed by atoms with Gasteiger partial charge in [-0.3, -0.25) is 14.6 Å². The number of rotatable bonds is 4. The van der Waals surface area contributed by atoms with Crippen LogP contribution in [0.1, 0.15) is 40.4 Å². The van der Waals surface area contributed by atoms with E-state index in [1.807, 2.05) is 55.5 Å². The number of carbonyl (C=O) groups excluding carboxylic acids is 2. The summed E-state index contributed by atoms with van der Waals surface area (Å²) in [5.41, 5.74) is 4.03. The Morgan fingerprint density at radius 1 is 1.12 bits per heavy atom. The second-order valence-electron chi connectivity index (χ2n) is 8.44. The summed E-state index contributed by atoms with van der Waals surface area (Å²) in [7, 11) is 0. The average Bonchev–Trinajstić information content (AvgIpc) is 3.09. The van der Waals surface area contributed by atoms with E-state index in [-0.39, 0.29) is 17.9 Å². The molecule has 0 aliphatic carbocycles. The van der Waals surface area contributed by atoms with E-state index < -0.39 is 17.7 Å². The van der Waals surface area contributed by atoms with Crippen LogP contribution in [0.4, 0.5) is 0 Å². The molecule has 33 heavy (non-hydrogen) atoms. The Morgan fingerprint density at radius 3 is 2.79 bits per heavy atom. The van der Waals surface area contributed by atoms with Crippen LogP contribution in [-0.4, -0.2) is 33.3 Å². The number of hydrogen-bond donors (Lipinski definition) is 1. The van der Waals surface area contributed by atoms with E-state index in [4.69, 9.17) is 4.74 Å². The third-order valence-corrected chi connectivity index (χ3v) is 6.14. The van der Waals surface area contributed by atoms with Gasteiger partial charge in [0.05, 0.1) is 30.5 Å². The van der Waals surface area contributed by atoms with Crippen molar-refractivity contribution in [3.05, 3.63) is 100 Å². The normalized spacial score (nSPS) is 19.3. The maximum atomic E-state index is 13.2. The van der Waals surface area contributed by atoms with Crippen LogP contribution in [0.3, 0.4) is 0 Å². The minimum Gasteiger partial charge on any atom is -0.507 e. The smallest absolute Gasteiger partial charge is 0.296 e. The lowest BCUT2D eigenvalue weighted by molar-refractivity contribution is -0.140. The molecule has 0 bridgehead atoms. The largest absolute Gasteiger partial charge is 0.507 e. The van der Waals surface area contributed by atoms with Gasteiger partial charge in [0.2, 0.25) is 0 Å². The van der Waals surface area contributed by atoms with Crippen LogP contribution in [0.25, 0.3) is 5.76 Å². The molecule has 1 N–H and O–H groups in total. The van der Waals surface area contributed by atoms with E-state index in [1.165, 1.54) is 4.90 Å². The molecule has 6 nitrogen and oxygen atoms in total. The number of Topliss-reactive ketones (excluding diaryl/α,β-unsaturated/α-hetero) is 1. The van der Waals surface area contributed by atoms with Gasteiger partial charge in [0.25, 0.3) is 11.7 Å². The Kier molecular flexibility index (Phi) is 5.42. The SMILES string of the molecule is Cc1cccc(C2/C(=C(/O)c3ccc4c(c3)CCCO4)C(=O)C(=O)N2Cc2ccccn2)c1. The molecule has 1 fully saturated rings. The quantitative estimate of drug-likeness (QED) is 0.371. The third kappa shape index (κ3) is 3.89. The van der Waals surface area contributed by atoms with Gasteiger partial charge in [0.15, 0.2) is 0 Å². The summed E-state index contributed by atoms with van der Waals surface area (Å²) in [5, 5.41) is 11.3.